The average Bonchev–Trinajstić information content (AvgIpc) is 2.90. The van der Waals surface area contributed by atoms with Gasteiger partial charge in [-0.15, -0.1) is 0 Å². The summed E-state index contributed by atoms with van der Waals surface area (Å²) in [4.78, 5) is 13.3. The molecule has 154 valence electrons. The molecule has 0 radical (unpaired) electrons. The molecule has 8 heteroatoms. The number of nitro groups is 1. The fraction of sp³-hybridized carbons (Fsp3) is 0.429. The predicted octanol–water partition coefficient (Wildman–Crippen LogP) is 3.61. The number of benzene rings is 2. The molecule has 0 saturated carbocycles. The lowest BCUT2D eigenvalue weighted by molar-refractivity contribution is -0.386. The molecule has 0 aliphatic carbocycles. The Morgan fingerprint density at radius 1 is 1.07 bits per heavy atom. The molecule has 2 fully saturated rings. The highest BCUT2D eigenvalue weighted by molar-refractivity contribution is 7.90. The normalized spacial score (nSPS) is 24.4. The van der Waals surface area contributed by atoms with Gasteiger partial charge in [0, 0.05) is 30.9 Å². The number of nitrogens with one attached hydrogen (secondary N) is 1. The summed E-state index contributed by atoms with van der Waals surface area (Å²) in [6.45, 7) is 0.923. The number of anilines is 1. The minimum absolute atomic E-state index is 0.0908. The second-order valence-electron chi connectivity index (χ2n) is 8.04. The molecule has 0 spiro atoms. The van der Waals surface area contributed by atoms with E-state index in [0.29, 0.717) is 17.8 Å². The van der Waals surface area contributed by atoms with Crippen molar-refractivity contribution in [1.82, 2.24) is 4.90 Å². The van der Waals surface area contributed by atoms with Crippen molar-refractivity contribution in [2.75, 3.05) is 11.6 Å². The highest BCUT2D eigenvalue weighted by Gasteiger charge is 2.41. The number of hydrogen-bond donors (Lipinski definition) is 1. The van der Waals surface area contributed by atoms with Gasteiger partial charge < -0.3 is 5.32 Å². The van der Waals surface area contributed by atoms with Crippen molar-refractivity contribution in [3.8, 4) is 0 Å². The SMILES string of the molecule is CS(=O)(=O)c1cccc(NC2CC3CCC(C2)N3Cc2ccccc2)c1[N+](=O)[O-]. The van der Waals surface area contributed by atoms with Crippen molar-refractivity contribution in [3.05, 3.63) is 64.2 Å². The predicted molar refractivity (Wildman–Crippen MR) is 112 cm³/mol. The maximum atomic E-state index is 12.0. The van der Waals surface area contributed by atoms with Crippen LogP contribution in [0.25, 0.3) is 0 Å². The van der Waals surface area contributed by atoms with Gasteiger partial charge in [0.15, 0.2) is 9.84 Å². The van der Waals surface area contributed by atoms with Crippen LogP contribution in [0.5, 0.6) is 0 Å². The topological polar surface area (TPSA) is 92.6 Å². The maximum absolute atomic E-state index is 12.0. The molecule has 7 nitrogen and oxygen atoms in total. The number of rotatable bonds is 6. The van der Waals surface area contributed by atoms with Crippen LogP contribution in [0.1, 0.15) is 31.2 Å². The van der Waals surface area contributed by atoms with Gasteiger partial charge >= 0.3 is 5.69 Å². The summed E-state index contributed by atoms with van der Waals surface area (Å²) in [6.07, 6.45) is 5.04. The molecule has 2 aromatic carbocycles. The molecular weight excluding hydrogens is 390 g/mol. The van der Waals surface area contributed by atoms with E-state index in [0.717, 1.165) is 38.5 Å². The molecule has 1 N–H and O–H groups in total. The quantitative estimate of drug-likeness (QED) is 0.572. The molecule has 29 heavy (non-hydrogen) atoms. The van der Waals surface area contributed by atoms with Gasteiger partial charge in [0.1, 0.15) is 10.6 Å². The molecule has 0 amide bonds. The lowest BCUT2D eigenvalue weighted by atomic mass is 9.96. The molecular formula is C21H25N3O4S. The summed E-state index contributed by atoms with van der Waals surface area (Å²) < 4.78 is 24.0. The van der Waals surface area contributed by atoms with Gasteiger partial charge in [-0.2, -0.15) is 0 Å². The van der Waals surface area contributed by atoms with Crippen molar-refractivity contribution >= 4 is 21.2 Å². The number of piperidine rings is 1. The number of hydrogen-bond acceptors (Lipinski definition) is 6. The second kappa shape index (κ2) is 7.76. The van der Waals surface area contributed by atoms with Gasteiger partial charge in [0.2, 0.25) is 0 Å². The van der Waals surface area contributed by atoms with Crippen LogP contribution in [0.4, 0.5) is 11.4 Å². The fourth-order valence-electron chi connectivity index (χ4n) is 4.79. The summed E-state index contributed by atoms with van der Waals surface area (Å²) in [7, 11) is -3.68. The van der Waals surface area contributed by atoms with Crippen LogP contribution < -0.4 is 5.32 Å². The average molecular weight is 416 g/mol. The third-order valence-electron chi connectivity index (χ3n) is 6.03. The third-order valence-corrected chi connectivity index (χ3v) is 7.16. The molecule has 2 atom stereocenters. The molecule has 2 heterocycles. The van der Waals surface area contributed by atoms with Gasteiger partial charge in [-0.3, -0.25) is 15.0 Å². The number of nitro benzene ring substituents is 1. The Kier molecular flexibility index (Phi) is 5.31. The van der Waals surface area contributed by atoms with E-state index in [1.54, 1.807) is 12.1 Å². The Balaban J connectivity index is 1.52. The first-order chi connectivity index (χ1) is 13.8. The van der Waals surface area contributed by atoms with Crippen molar-refractivity contribution in [2.45, 2.75) is 55.2 Å². The monoisotopic (exact) mass is 415 g/mol. The van der Waals surface area contributed by atoms with E-state index in [-0.39, 0.29) is 16.6 Å². The van der Waals surface area contributed by atoms with Crippen molar-refractivity contribution in [1.29, 1.82) is 0 Å². The number of sulfone groups is 1. The van der Waals surface area contributed by atoms with E-state index in [1.165, 1.54) is 11.6 Å². The van der Waals surface area contributed by atoms with Crippen LogP contribution in [-0.4, -0.2) is 42.6 Å². The number of fused-ring (bicyclic) bond motifs is 2. The minimum Gasteiger partial charge on any atom is -0.377 e. The van der Waals surface area contributed by atoms with E-state index < -0.39 is 14.8 Å². The molecule has 0 aromatic heterocycles. The molecule has 4 rings (SSSR count). The van der Waals surface area contributed by atoms with Crippen molar-refractivity contribution in [3.63, 3.8) is 0 Å². The van der Waals surface area contributed by atoms with E-state index in [4.69, 9.17) is 0 Å². The molecule has 2 aromatic rings. The zero-order chi connectivity index (χ0) is 20.6. The first kappa shape index (κ1) is 19.8. The van der Waals surface area contributed by atoms with E-state index >= 15 is 0 Å². The summed E-state index contributed by atoms with van der Waals surface area (Å²) in [6, 6.07) is 15.8. The molecule has 2 saturated heterocycles. The lowest BCUT2D eigenvalue weighted by Crippen LogP contribution is -2.46. The van der Waals surface area contributed by atoms with Crippen LogP contribution in [-0.2, 0) is 16.4 Å². The van der Waals surface area contributed by atoms with Crippen LogP contribution in [0.15, 0.2) is 53.4 Å². The zero-order valence-electron chi connectivity index (χ0n) is 16.3. The van der Waals surface area contributed by atoms with Crippen LogP contribution in [0, 0.1) is 10.1 Å². The Hall–Kier alpha value is -2.45. The van der Waals surface area contributed by atoms with Crippen molar-refractivity contribution in [2.24, 2.45) is 0 Å². The highest BCUT2D eigenvalue weighted by atomic mass is 32.2. The molecule has 2 aliphatic heterocycles. The lowest BCUT2D eigenvalue weighted by Gasteiger charge is -2.39. The Morgan fingerprint density at radius 3 is 2.31 bits per heavy atom. The number of nitrogens with zero attached hydrogens (tertiary/aromatic N) is 2. The minimum atomic E-state index is -3.68. The van der Waals surface area contributed by atoms with Gasteiger partial charge in [-0.05, 0) is 43.4 Å². The smallest absolute Gasteiger partial charge is 0.310 e. The molecule has 2 aliphatic rings. The molecule has 2 bridgehead atoms. The van der Waals surface area contributed by atoms with Crippen LogP contribution >= 0.6 is 0 Å². The summed E-state index contributed by atoms with van der Waals surface area (Å²) in [5.74, 6) is 0. The van der Waals surface area contributed by atoms with Gasteiger partial charge in [-0.25, -0.2) is 8.42 Å². The Bertz CT molecular complexity index is 996. The summed E-state index contributed by atoms with van der Waals surface area (Å²) in [5, 5.41) is 14.9. The van der Waals surface area contributed by atoms with Crippen LogP contribution in [0.3, 0.4) is 0 Å². The Labute approximate surface area is 170 Å². The first-order valence-electron chi connectivity index (χ1n) is 9.86. The summed E-state index contributed by atoms with van der Waals surface area (Å²) in [5.41, 5.74) is 1.24. The van der Waals surface area contributed by atoms with E-state index in [9.17, 15) is 18.5 Å². The second-order valence-corrected chi connectivity index (χ2v) is 10.0. The van der Waals surface area contributed by atoms with Crippen molar-refractivity contribution < 1.29 is 13.3 Å². The first-order valence-corrected chi connectivity index (χ1v) is 11.8. The van der Waals surface area contributed by atoms with E-state index in [1.807, 2.05) is 6.07 Å². The highest BCUT2D eigenvalue weighted by Crippen LogP contribution is 2.39. The van der Waals surface area contributed by atoms with E-state index in [2.05, 4.69) is 34.5 Å². The fourth-order valence-corrected chi connectivity index (χ4v) is 5.65. The van der Waals surface area contributed by atoms with Crippen LogP contribution in [0.2, 0.25) is 0 Å². The third kappa shape index (κ3) is 4.13. The maximum Gasteiger partial charge on any atom is 0.310 e. The van der Waals surface area contributed by atoms with Gasteiger partial charge in [-0.1, -0.05) is 36.4 Å². The summed E-state index contributed by atoms with van der Waals surface area (Å²) >= 11 is 0. The van der Waals surface area contributed by atoms with Gasteiger partial charge in [0.25, 0.3) is 0 Å². The number of para-hydroxylation sites is 1. The standard InChI is InChI=1S/C21H25N3O4S/c1-29(27,28)20-9-5-8-19(21(20)24(25)26)22-16-12-17-10-11-18(13-16)23(17)14-15-6-3-2-4-7-15/h2-9,16-18,22H,10-14H2,1H3. The largest absolute Gasteiger partial charge is 0.377 e. The zero-order valence-corrected chi connectivity index (χ0v) is 17.1. The molecule has 2 unspecified atom stereocenters. The Morgan fingerprint density at radius 2 is 1.72 bits per heavy atom. The van der Waals surface area contributed by atoms with Gasteiger partial charge in [0.05, 0.1) is 4.92 Å².